The van der Waals surface area contributed by atoms with Gasteiger partial charge in [0.1, 0.15) is 5.82 Å². The van der Waals surface area contributed by atoms with Crippen LogP contribution < -0.4 is 10.7 Å². The summed E-state index contributed by atoms with van der Waals surface area (Å²) in [5.41, 5.74) is 1.41. The molecule has 1 aliphatic heterocycles. The van der Waals surface area contributed by atoms with E-state index < -0.39 is 5.76 Å². The van der Waals surface area contributed by atoms with E-state index in [2.05, 4.69) is 14.3 Å². The predicted molar refractivity (Wildman–Crippen MR) is 98.9 cm³/mol. The fourth-order valence-electron chi connectivity index (χ4n) is 3.11. The monoisotopic (exact) mass is 373 g/mol. The lowest BCUT2D eigenvalue weighted by atomic mass is 10.1. The fraction of sp³-hybridized carbons (Fsp3) is 0.412. The van der Waals surface area contributed by atoms with Gasteiger partial charge in [0.25, 0.3) is 5.91 Å². The molecule has 1 amide bonds. The third kappa shape index (κ3) is 2.78. The molecule has 8 nitrogen and oxygen atoms in total. The van der Waals surface area contributed by atoms with Gasteiger partial charge in [0.2, 0.25) is 5.13 Å². The van der Waals surface area contributed by atoms with Crippen molar-refractivity contribution in [1.82, 2.24) is 18.8 Å². The van der Waals surface area contributed by atoms with Crippen LogP contribution in [0.25, 0.3) is 11.1 Å². The molecule has 0 aliphatic carbocycles. The van der Waals surface area contributed by atoms with Gasteiger partial charge in [0.15, 0.2) is 5.58 Å². The quantitative estimate of drug-likeness (QED) is 0.692. The van der Waals surface area contributed by atoms with E-state index in [4.69, 9.17) is 4.42 Å². The largest absolute Gasteiger partial charge is 0.419 e. The second kappa shape index (κ2) is 6.56. The number of rotatable bonds is 3. The Bertz CT molecular complexity index is 1010. The van der Waals surface area contributed by atoms with Gasteiger partial charge >= 0.3 is 5.76 Å². The zero-order valence-corrected chi connectivity index (χ0v) is 15.5. The van der Waals surface area contributed by atoms with Crippen molar-refractivity contribution in [2.75, 3.05) is 31.1 Å². The van der Waals surface area contributed by atoms with E-state index in [0.29, 0.717) is 42.8 Å². The molecule has 0 saturated carbocycles. The summed E-state index contributed by atoms with van der Waals surface area (Å²) in [4.78, 5) is 33.2. The lowest BCUT2D eigenvalue weighted by molar-refractivity contribution is 0.0747. The number of oxazole rings is 1. The van der Waals surface area contributed by atoms with Crippen LogP contribution in [0.4, 0.5) is 5.13 Å². The van der Waals surface area contributed by atoms with Crippen LogP contribution in [-0.2, 0) is 13.5 Å². The molecule has 3 aromatic rings. The molecule has 1 saturated heterocycles. The molecule has 0 spiro atoms. The summed E-state index contributed by atoms with van der Waals surface area (Å²) in [6.45, 7) is 4.63. The maximum atomic E-state index is 12.9. The highest BCUT2D eigenvalue weighted by Crippen LogP contribution is 2.22. The number of hydrogen-bond donors (Lipinski definition) is 0. The topological polar surface area (TPSA) is 84.5 Å². The van der Waals surface area contributed by atoms with Crippen molar-refractivity contribution in [3.8, 4) is 0 Å². The fourth-order valence-corrected chi connectivity index (χ4v) is 3.91. The highest BCUT2D eigenvalue weighted by molar-refractivity contribution is 7.09. The molecule has 2 aromatic heterocycles. The Kier molecular flexibility index (Phi) is 4.23. The molecule has 1 fully saturated rings. The lowest BCUT2D eigenvalue weighted by Gasteiger charge is -2.34. The number of carbonyl (C=O) groups is 1. The Morgan fingerprint density at radius 3 is 2.73 bits per heavy atom. The van der Waals surface area contributed by atoms with Gasteiger partial charge in [-0.2, -0.15) is 4.37 Å². The first kappa shape index (κ1) is 16.8. The van der Waals surface area contributed by atoms with Crippen molar-refractivity contribution in [1.29, 1.82) is 0 Å². The van der Waals surface area contributed by atoms with Crippen LogP contribution in [0.3, 0.4) is 0 Å². The third-order valence-electron chi connectivity index (χ3n) is 4.66. The van der Waals surface area contributed by atoms with Crippen molar-refractivity contribution in [3.05, 3.63) is 40.1 Å². The maximum Gasteiger partial charge on any atom is 0.419 e. The first-order valence-corrected chi connectivity index (χ1v) is 9.31. The van der Waals surface area contributed by atoms with E-state index in [1.165, 1.54) is 16.1 Å². The molecule has 4 rings (SSSR count). The molecule has 1 aliphatic rings. The molecule has 0 radical (unpaired) electrons. The molecule has 26 heavy (non-hydrogen) atoms. The minimum absolute atomic E-state index is 0.115. The average Bonchev–Trinajstić information content (AvgIpc) is 3.26. The van der Waals surface area contributed by atoms with Crippen LogP contribution in [0, 0.1) is 0 Å². The highest BCUT2D eigenvalue weighted by atomic mass is 32.1. The van der Waals surface area contributed by atoms with E-state index in [-0.39, 0.29) is 5.91 Å². The molecule has 1 aromatic carbocycles. The van der Waals surface area contributed by atoms with Gasteiger partial charge in [-0.1, -0.05) is 13.0 Å². The second-order valence-corrected chi connectivity index (χ2v) is 6.94. The third-order valence-corrected chi connectivity index (χ3v) is 5.48. The Labute approximate surface area is 153 Å². The molecule has 0 N–H and O–H groups in total. The summed E-state index contributed by atoms with van der Waals surface area (Å²) in [5.74, 6) is 0.276. The van der Waals surface area contributed by atoms with Gasteiger partial charge in [-0.25, -0.2) is 9.78 Å². The number of para-hydroxylation sites is 1. The van der Waals surface area contributed by atoms with Crippen molar-refractivity contribution in [2.45, 2.75) is 13.3 Å². The normalized spacial score (nSPS) is 15.0. The van der Waals surface area contributed by atoms with Crippen molar-refractivity contribution < 1.29 is 9.21 Å². The van der Waals surface area contributed by atoms with Gasteiger partial charge in [-0.3, -0.25) is 9.36 Å². The molecular weight excluding hydrogens is 354 g/mol. The van der Waals surface area contributed by atoms with E-state index in [0.717, 1.165) is 17.4 Å². The van der Waals surface area contributed by atoms with E-state index in [9.17, 15) is 9.59 Å². The SMILES string of the molecule is CCc1nsc(N2CCN(C(=O)c3cccc4c3oc(=O)n4C)CC2)n1. The zero-order valence-electron chi connectivity index (χ0n) is 14.6. The van der Waals surface area contributed by atoms with Crippen LogP contribution in [0.1, 0.15) is 23.1 Å². The van der Waals surface area contributed by atoms with Crippen LogP contribution in [0.15, 0.2) is 27.4 Å². The number of nitrogens with zero attached hydrogens (tertiary/aromatic N) is 5. The van der Waals surface area contributed by atoms with E-state index in [1.807, 2.05) is 6.92 Å². The van der Waals surface area contributed by atoms with Crippen molar-refractivity contribution in [3.63, 3.8) is 0 Å². The number of aryl methyl sites for hydroxylation is 2. The minimum Gasteiger partial charge on any atom is -0.407 e. The average molecular weight is 373 g/mol. The number of hydrogen-bond acceptors (Lipinski definition) is 7. The minimum atomic E-state index is -0.465. The Hall–Kier alpha value is -2.68. The Morgan fingerprint density at radius 1 is 1.27 bits per heavy atom. The lowest BCUT2D eigenvalue weighted by Crippen LogP contribution is -2.48. The maximum absolute atomic E-state index is 12.9. The molecule has 0 unspecified atom stereocenters. The van der Waals surface area contributed by atoms with Crippen LogP contribution in [0.5, 0.6) is 0 Å². The van der Waals surface area contributed by atoms with E-state index in [1.54, 1.807) is 30.1 Å². The summed E-state index contributed by atoms with van der Waals surface area (Å²) < 4.78 is 11.0. The molecular formula is C17H19N5O3S. The van der Waals surface area contributed by atoms with Gasteiger partial charge in [0, 0.05) is 51.2 Å². The summed E-state index contributed by atoms with van der Waals surface area (Å²) in [6.07, 6.45) is 0.821. The first-order chi connectivity index (χ1) is 12.6. The highest BCUT2D eigenvalue weighted by Gasteiger charge is 2.26. The number of benzene rings is 1. The van der Waals surface area contributed by atoms with E-state index >= 15 is 0 Å². The summed E-state index contributed by atoms with van der Waals surface area (Å²) in [5, 5.41) is 0.908. The van der Waals surface area contributed by atoms with Gasteiger partial charge in [-0.15, -0.1) is 0 Å². The summed E-state index contributed by atoms with van der Waals surface area (Å²) in [6, 6.07) is 5.25. The molecule has 136 valence electrons. The molecule has 0 atom stereocenters. The van der Waals surface area contributed by atoms with Crippen LogP contribution in [-0.4, -0.2) is 50.9 Å². The van der Waals surface area contributed by atoms with Gasteiger partial charge < -0.3 is 14.2 Å². The number of amides is 1. The summed E-state index contributed by atoms with van der Waals surface area (Å²) in [7, 11) is 1.63. The number of piperazine rings is 1. The Balaban J connectivity index is 1.52. The zero-order chi connectivity index (χ0) is 18.3. The molecule has 9 heteroatoms. The molecule has 0 bridgehead atoms. The number of carbonyl (C=O) groups excluding carboxylic acids is 1. The molecule has 3 heterocycles. The second-order valence-electron chi connectivity index (χ2n) is 6.21. The van der Waals surface area contributed by atoms with Gasteiger partial charge in [-0.05, 0) is 12.1 Å². The van der Waals surface area contributed by atoms with Gasteiger partial charge in [0.05, 0.1) is 11.1 Å². The predicted octanol–water partition coefficient (Wildman–Crippen LogP) is 1.51. The smallest absolute Gasteiger partial charge is 0.407 e. The summed E-state index contributed by atoms with van der Waals surface area (Å²) >= 11 is 1.40. The standard InChI is InChI=1S/C17H19N5O3S/c1-3-13-18-16(26-19-13)22-9-7-21(8-10-22)15(23)11-5-4-6-12-14(11)25-17(24)20(12)2/h4-6H,3,7-10H2,1-2H3. The van der Waals surface area contributed by atoms with Crippen LogP contribution >= 0.6 is 11.5 Å². The van der Waals surface area contributed by atoms with Crippen molar-refractivity contribution >= 4 is 33.7 Å². The number of anilines is 1. The number of fused-ring (bicyclic) bond motifs is 1. The first-order valence-electron chi connectivity index (χ1n) is 8.54. The van der Waals surface area contributed by atoms with Crippen molar-refractivity contribution in [2.24, 2.45) is 7.05 Å². The number of aromatic nitrogens is 3. The Morgan fingerprint density at radius 2 is 2.04 bits per heavy atom. The van der Waals surface area contributed by atoms with Crippen LogP contribution in [0.2, 0.25) is 0 Å².